The smallest absolute Gasteiger partial charge is 0.0210 e. The van der Waals surface area contributed by atoms with Crippen molar-refractivity contribution in [3.05, 3.63) is 34.3 Å². The number of rotatable bonds is 1. The van der Waals surface area contributed by atoms with Crippen molar-refractivity contribution in [2.45, 2.75) is 25.2 Å². The molecule has 1 aromatic rings. The summed E-state index contributed by atoms with van der Waals surface area (Å²) in [5.74, 6) is 0.724. The zero-order chi connectivity index (χ0) is 10.3. The molecule has 2 aliphatic rings. The van der Waals surface area contributed by atoms with Crippen LogP contribution >= 0.6 is 15.9 Å². The molecule has 0 amide bonds. The van der Waals surface area contributed by atoms with Crippen LogP contribution in [0.25, 0.3) is 0 Å². The maximum absolute atomic E-state index is 3.68. The van der Waals surface area contributed by atoms with Gasteiger partial charge in [-0.05, 0) is 29.9 Å². The highest BCUT2D eigenvalue weighted by atomic mass is 79.9. The van der Waals surface area contributed by atoms with Gasteiger partial charge in [0, 0.05) is 23.5 Å². The Morgan fingerprint density at radius 3 is 2.73 bits per heavy atom. The molecule has 15 heavy (non-hydrogen) atoms. The maximum Gasteiger partial charge on any atom is 0.0210 e. The summed E-state index contributed by atoms with van der Waals surface area (Å²) >= 11 is 3.68. The van der Waals surface area contributed by atoms with Gasteiger partial charge >= 0.3 is 0 Å². The van der Waals surface area contributed by atoms with Crippen molar-refractivity contribution in [2.75, 3.05) is 13.1 Å². The van der Waals surface area contributed by atoms with Crippen molar-refractivity contribution in [3.8, 4) is 0 Å². The molecule has 80 valence electrons. The molecule has 1 saturated heterocycles. The van der Waals surface area contributed by atoms with Crippen molar-refractivity contribution in [1.29, 1.82) is 0 Å². The Morgan fingerprint density at radius 2 is 2.07 bits per heavy atom. The molecule has 2 fully saturated rings. The van der Waals surface area contributed by atoms with Crippen LogP contribution in [0, 0.1) is 5.41 Å². The van der Waals surface area contributed by atoms with E-state index in [1.54, 1.807) is 0 Å². The van der Waals surface area contributed by atoms with Gasteiger partial charge in [0.05, 0.1) is 0 Å². The molecule has 1 unspecified atom stereocenters. The topological polar surface area (TPSA) is 12.0 Å². The molecule has 2 heteroatoms. The van der Waals surface area contributed by atoms with E-state index in [2.05, 4.69) is 45.5 Å². The lowest BCUT2D eigenvalue weighted by molar-refractivity contribution is 0.137. The number of hydrogen-bond donors (Lipinski definition) is 1. The molecule has 1 spiro atoms. The van der Waals surface area contributed by atoms with Crippen LogP contribution < -0.4 is 5.32 Å². The van der Waals surface area contributed by atoms with Gasteiger partial charge in [0.1, 0.15) is 0 Å². The van der Waals surface area contributed by atoms with E-state index >= 15 is 0 Å². The fraction of sp³-hybridized carbons (Fsp3) is 0.538. The van der Waals surface area contributed by atoms with E-state index in [1.165, 1.54) is 35.8 Å². The minimum atomic E-state index is 0.587. The molecular weight excluding hydrogens is 250 g/mol. The minimum absolute atomic E-state index is 0.587. The van der Waals surface area contributed by atoms with E-state index in [9.17, 15) is 0 Å². The van der Waals surface area contributed by atoms with Gasteiger partial charge in [0.25, 0.3) is 0 Å². The molecule has 3 rings (SSSR count). The third kappa shape index (κ3) is 1.46. The molecule has 1 saturated carbocycles. The van der Waals surface area contributed by atoms with Crippen molar-refractivity contribution in [3.63, 3.8) is 0 Å². The number of halogens is 1. The van der Waals surface area contributed by atoms with Crippen molar-refractivity contribution in [2.24, 2.45) is 5.41 Å². The van der Waals surface area contributed by atoms with Gasteiger partial charge in [-0.2, -0.15) is 0 Å². The number of nitrogens with one attached hydrogen (secondary N) is 1. The Bertz CT molecular complexity index is 371. The first-order valence-electron chi connectivity index (χ1n) is 5.77. The summed E-state index contributed by atoms with van der Waals surface area (Å²) in [7, 11) is 0. The first kappa shape index (κ1) is 9.86. The summed E-state index contributed by atoms with van der Waals surface area (Å²) < 4.78 is 1.28. The fourth-order valence-corrected chi connectivity index (χ4v) is 3.72. The highest BCUT2D eigenvalue weighted by molar-refractivity contribution is 9.10. The molecule has 1 aliphatic carbocycles. The highest BCUT2D eigenvalue weighted by Crippen LogP contribution is 2.54. The monoisotopic (exact) mass is 265 g/mol. The van der Waals surface area contributed by atoms with Gasteiger partial charge in [0.2, 0.25) is 0 Å². The van der Waals surface area contributed by atoms with Gasteiger partial charge in [-0.25, -0.2) is 0 Å². The quantitative estimate of drug-likeness (QED) is 0.822. The predicted octanol–water partition coefficient (Wildman–Crippen LogP) is 3.31. The normalized spacial score (nSPS) is 27.9. The molecule has 0 radical (unpaired) electrons. The second-order valence-corrected chi connectivity index (χ2v) is 5.78. The summed E-state index contributed by atoms with van der Waals surface area (Å²) in [6, 6.07) is 8.70. The summed E-state index contributed by atoms with van der Waals surface area (Å²) in [6.45, 7) is 2.38. The van der Waals surface area contributed by atoms with E-state index in [1.807, 2.05) is 0 Å². The van der Waals surface area contributed by atoms with Gasteiger partial charge < -0.3 is 5.32 Å². The molecule has 1 aromatic carbocycles. The third-order valence-electron chi connectivity index (χ3n) is 4.19. The van der Waals surface area contributed by atoms with Crippen LogP contribution in [0.1, 0.15) is 30.7 Å². The van der Waals surface area contributed by atoms with Crippen LogP contribution in [0.2, 0.25) is 0 Å². The zero-order valence-corrected chi connectivity index (χ0v) is 10.4. The zero-order valence-electron chi connectivity index (χ0n) is 8.80. The fourth-order valence-electron chi connectivity index (χ4n) is 3.16. The molecule has 1 N–H and O–H groups in total. The third-order valence-corrected chi connectivity index (χ3v) is 4.92. The largest absolute Gasteiger partial charge is 0.316 e. The SMILES string of the molecule is Brc1ccccc1C1CNCC12CCC2. The summed E-state index contributed by atoms with van der Waals surface area (Å²) in [6.07, 6.45) is 4.24. The summed E-state index contributed by atoms with van der Waals surface area (Å²) in [5.41, 5.74) is 2.09. The Labute approximate surface area is 99.4 Å². The molecule has 1 atom stereocenters. The highest BCUT2D eigenvalue weighted by Gasteiger charge is 2.47. The first-order chi connectivity index (χ1) is 7.32. The van der Waals surface area contributed by atoms with Crippen LogP contribution in [-0.2, 0) is 0 Å². The van der Waals surface area contributed by atoms with Crippen LogP contribution in [0.5, 0.6) is 0 Å². The molecule has 1 nitrogen and oxygen atoms in total. The average Bonchev–Trinajstić information content (AvgIpc) is 2.62. The second-order valence-electron chi connectivity index (χ2n) is 4.92. The van der Waals surface area contributed by atoms with Gasteiger partial charge in [-0.3, -0.25) is 0 Å². The lowest BCUT2D eigenvalue weighted by Gasteiger charge is -2.43. The lowest BCUT2D eigenvalue weighted by atomic mass is 9.61. The van der Waals surface area contributed by atoms with Crippen LogP contribution in [-0.4, -0.2) is 13.1 Å². The average molecular weight is 266 g/mol. The van der Waals surface area contributed by atoms with E-state index in [0.29, 0.717) is 5.41 Å². The van der Waals surface area contributed by atoms with Crippen molar-refractivity contribution < 1.29 is 0 Å². The maximum atomic E-state index is 3.68. The van der Waals surface area contributed by atoms with E-state index in [-0.39, 0.29) is 0 Å². The molecule has 0 bridgehead atoms. The van der Waals surface area contributed by atoms with Crippen LogP contribution in [0.3, 0.4) is 0 Å². The summed E-state index contributed by atoms with van der Waals surface area (Å²) in [4.78, 5) is 0. The van der Waals surface area contributed by atoms with E-state index in [4.69, 9.17) is 0 Å². The Morgan fingerprint density at radius 1 is 1.27 bits per heavy atom. The number of benzene rings is 1. The standard InChI is InChI=1S/C13H16BrN/c14-12-5-2-1-4-10(12)11-8-15-9-13(11)6-3-7-13/h1-2,4-5,11,15H,3,6-9H2. The summed E-state index contributed by atoms with van der Waals surface area (Å²) in [5, 5.41) is 3.57. The van der Waals surface area contributed by atoms with Crippen molar-refractivity contribution in [1.82, 2.24) is 5.32 Å². The lowest BCUT2D eigenvalue weighted by Crippen LogP contribution is -2.36. The Kier molecular flexibility index (Phi) is 2.37. The van der Waals surface area contributed by atoms with Gasteiger partial charge in [-0.1, -0.05) is 40.5 Å². The molecule has 0 aromatic heterocycles. The van der Waals surface area contributed by atoms with E-state index in [0.717, 1.165) is 12.5 Å². The van der Waals surface area contributed by atoms with Crippen LogP contribution in [0.15, 0.2) is 28.7 Å². The molecule has 1 aliphatic heterocycles. The second kappa shape index (κ2) is 3.60. The Hall–Kier alpha value is -0.340. The minimum Gasteiger partial charge on any atom is -0.316 e. The van der Waals surface area contributed by atoms with Gasteiger partial charge in [0.15, 0.2) is 0 Å². The first-order valence-corrected chi connectivity index (χ1v) is 6.56. The predicted molar refractivity (Wildman–Crippen MR) is 66.0 cm³/mol. The van der Waals surface area contributed by atoms with Gasteiger partial charge in [-0.15, -0.1) is 0 Å². The van der Waals surface area contributed by atoms with Crippen molar-refractivity contribution >= 4 is 15.9 Å². The Balaban J connectivity index is 1.96. The van der Waals surface area contributed by atoms with Crippen LogP contribution in [0.4, 0.5) is 0 Å². The van der Waals surface area contributed by atoms with E-state index < -0.39 is 0 Å². The number of hydrogen-bond acceptors (Lipinski definition) is 1. The molecular formula is C13H16BrN. The molecule has 1 heterocycles.